The predicted octanol–water partition coefficient (Wildman–Crippen LogP) is 4.59. The van der Waals surface area contributed by atoms with Crippen LogP contribution in [0.3, 0.4) is 0 Å². The number of aryl methyl sites for hydroxylation is 3. The average molecular weight is 516 g/mol. The van der Waals surface area contributed by atoms with E-state index in [0.717, 1.165) is 64.7 Å². The van der Waals surface area contributed by atoms with Gasteiger partial charge in [0.25, 0.3) is 5.56 Å². The standard InChI is InChI=1S/C24H25N3O4S3/c1-3-11-27-22(29)18-13-7-5-9-15(13)33-20(18)26-24(27)32-12-17(28)25-21-19(23(30)31-4-2)14-8-6-10-16(14)34-21/h3H,1,4-12H2,2H3,(H,25,28). The van der Waals surface area contributed by atoms with Crippen molar-refractivity contribution in [3.05, 3.63) is 49.5 Å². The average Bonchev–Trinajstić information content (AvgIpc) is 3.55. The van der Waals surface area contributed by atoms with Gasteiger partial charge < -0.3 is 10.1 Å². The van der Waals surface area contributed by atoms with E-state index in [1.807, 2.05) is 0 Å². The third kappa shape index (κ3) is 4.12. The monoisotopic (exact) mass is 515 g/mol. The third-order valence-corrected chi connectivity index (χ3v) is 9.46. The van der Waals surface area contributed by atoms with Gasteiger partial charge in [-0.15, -0.1) is 29.3 Å². The van der Waals surface area contributed by atoms with Crippen molar-refractivity contribution in [2.24, 2.45) is 0 Å². The maximum atomic E-state index is 13.3. The van der Waals surface area contributed by atoms with E-state index < -0.39 is 0 Å². The van der Waals surface area contributed by atoms with E-state index in [4.69, 9.17) is 9.72 Å². The highest BCUT2D eigenvalue weighted by Crippen LogP contribution is 2.40. The molecule has 1 N–H and O–H groups in total. The minimum atomic E-state index is -0.387. The van der Waals surface area contributed by atoms with Gasteiger partial charge >= 0.3 is 5.97 Å². The molecule has 0 unspecified atom stereocenters. The zero-order chi connectivity index (χ0) is 23.8. The Kier molecular flexibility index (Phi) is 6.63. The number of thioether (sulfide) groups is 1. The molecule has 5 rings (SSSR count). The molecule has 3 heterocycles. The molecule has 3 aromatic rings. The number of thiophene rings is 2. The normalized spacial score (nSPS) is 14.3. The van der Waals surface area contributed by atoms with E-state index in [0.29, 0.717) is 22.3 Å². The van der Waals surface area contributed by atoms with Crippen molar-refractivity contribution in [1.82, 2.24) is 9.55 Å². The van der Waals surface area contributed by atoms with Crippen molar-refractivity contribution in [1.29, 1.82) is 0 Å². The van der Waals surface area contributed by atoms with Crippen molar-refractivity contribution in [2.45, 2.75) is 57.1 Å². The number of nitrogens with zero attached hydrogens (tertiary/aromatic N) is 2. The fraction of sp³-hybridized carbons (Fsp3) is 0.417. The first-order valence-electron chi connectivity index (χ1n) is 11.4. The Morgan fingerprint density at radius 3 is 2.65 bits per heavy atom. The fourth-order valence-corrected chi connectivity index (χ4v) is 8.07. The number of carbonyl (C=O) groups is 2. The van der Waals surface area contributed by atoms with Gasteiger partial charge in [-0.25, -0.2) is 9.78 Å². The molecule has 0 radical (unpaired) electrons. The summed E-state index contributed by atoms with van der Waals surface area (Å²) in [5.74, 6) is -0.559. The van der Waals surface area contributed by atoms with E-state index in [1.54, 1.807) is 28.9 Å². The van der Waals surface area contributed by atoms with Crippen LogP contribution in [0.5, 0.6) is 0 Å². The highest BCUT2D eigenvalue weighted by Gasteiger charge is 2.28. The van der Waals surface area contributed by atoms with Crippen LogP contribution in [-0.2, 0) is 41.8 Å². The number of nitrogens with one attached hydrogen (secondary N) is 1. The lowest BCUT2D eigenvalue weighted by Crippen LogP contribution is -2.24. The molecule has 178 valence electrons. The zero-order valence-electron chi connectivity index (χ0n) is 18.9. The molecule has 0 saturated heterocycles. The maximum Gasteiger partial charge on any atom is 0.341 e. The van der Waals surface area contributed by atoms with Gasteiger partial charge in [-0.3, -0.25) is 14.2 Å². The summed E-state index contributed by atoms with van der Waals surface area (Å²) in [6.07, 6.45) is 7.42. The van der Waals surface area contributed by atoms with Gasteiger partial charge in [0.15, 0.2) is 5.16 Å². The minimum absolute atomic E-state index is 0.0634. The number of ether oxygens (including phenoxy) is 1. The van der Waals surface area contributed by atoms with Gasteiger partial charge in [0.05, 0.1) is 23.3 Å². The topological polar surface area (TPSA) is 90.3 Å². The molecule has 0 aliphatic heterocycles. The molecule has 34 heavy (non-hydrogen) atoms. The number of allylic oxidation sites excluding steroid dienone is 1. The quantitative estimate of drug-likeness (QED) is 0.204. The number of carbonyl (C=O) groups excluding carboxylic acids is 2. The van der Waals surface area contributed by atoms with Crippen LogP contribution in [-0.4, -0.2) is 33.8 Å². The lowest BCUT2D eigenvalue weighted by molar-refractivity contribution is -0.113. The van der Waals surface area contributed by atoms with Gasteiger partial charge in [-0.05, 0) is 56.6 Å². The van der Waals surface area contributed by atoms with Crippen molar-refractivity contribution in [2.75, 3.05) is 17.7 Å². The number of aromatic nitrogens is 2. The Balaban J connectivity index is 1.38. The molecule has 10 heteroatoms. The highest BCUT2D eigenvalue weighted by molar-refractivity contribution is 7.99. The first-order chi connectivity index (χ1) is 16.5. The van der Waals surface area contributed by atoms with E-state index in [2.05, 4.69) is 11.9 Å². The molecule has 3 aromatic heterocycles. The fourth-order valence-electron chi connectivity index (χ4n) is 4.66. The molecular formula is C24H25N3O4S3. The molecular weight excluding hydrogens is 490 g/mol. The third-order valence-electron chi connectivity index (χ3n) is 6.09. The Hall–Kier alpha value is -2.43. The first-order valence-corrected chi connectivity index (χ1v) is 14.0. The van der Waals surface area contributed by atoms with Gasteiger partial charge in [-0.1, -0.05) is 17.8 Å². The van der Waals surface area contributed by atoms with Crippen LogP contribution >= 0.6 is 34.4 Å². The molecule has 2 aliphatic carbocycles. The SMILES string of the molecule is C=CCn1c(SCC(=O)Nc2sc3c(c2C(=O)OCC)CCC3)nc2sc3c(c2c1=O)CCC3. The molecule has 0 aromatic carbocycles. The minimum Gasteiger partial charge on any atom is -0.462 e. The van der Waals surface area contributed by atoms with Gasteiger partial charge in [0.1, 0.15) is 9.83 Å². The van der Waals surface area contributed by atoms with Crippen molar-refractivity contribution < 1.29 is 14.3 Å². The number of esters is 1. The lowest BCUT2D eigenvalue weighted by atomic mass is 10.1. The Bertz CT molecular complexity index is 1370. The summed E-state index contributed by atoms with van der Waals surface area (Å²) in [7, 11) is 0. The van der Waals surface area contributed by atoms with Crippen LogP contribution in [0.1, 0.15) is 51.0 Å². The molecule has 0 atom stereocenters. The van der Waals surface area contributed by atoms with Crippen molar-refractivity contribution in [3.8, 4) is 0 Å². The van der Waals surface area contributed by atoms with Crippen molar-refractivity contribution in [3.63, 3.8) is 0 Å². The summed E-state index contributed by atoms with van der Waals surface area (Å²) in [5, 5.41) is 4.69. The van der Waals surface area contributed by atoms with E-state index in [-0.39, 0.29) is 29.8 Å². The van der Waals surface area contributed by atoms with Crippen LogP contribution in [0.4, 0.5) is 5.00 Å². The molecule has 0 saturated carbocycles. The second-order valence-electron chi connectivity index (χ2n) is 8.26. The predicted molar refractivity (Wildman–Crippen MR) is 138 cm³/mol. The largest absolute Gasteiger partial charge is 0.462 e. The summed E-state index contributed by atoms with van der Waals surface area (Å²) in [6, 6.07) is 0. The van der Waals surface area contributed by atoms with Crippen LogP contribution < -0.4 is 10.9 Å². The van der Waals surface area contributed by atoms with E-state index in [1.165, 1.54) is 28.0 Å². The number of anilines is 1. The molecule has 0 spiro atoms. The molecule has 0 bridgehead atoms. The van der Waals surface area contributed by atoms with Gasteiger partial charge in [0, 0.05) is 16.3 Å². The molecule has 1 amide bonds. The lowest BCUT2D eigenvalue weighted by Gasteiger charge is -2.11. The van der Waals surface area contributed by atoms with Crippen LogP contribution in [0.25, 0.3) is 10.2 Å². The first kappa shape index (κ1) is 23.3. The van der Waals surface area contributed by atoms with Gasteiger partial charge in [-0.2, -0.15) is 0 Å². The Labute approximate surface area is 209 Å². The number of rotatable bonds is 8. The second-order valence-corrected chi connectivity index (χ2v) is 11.4. The van der Waals surface area contributed by atoms with Gasteiger partial charge in [0.2, 0.25) is 5.91 Å². The number of fused-ring (bicyclic) bond motifs is 4. The number of amides is 1. The van der Waals surface area contributed by atoms with Crippen molar-refractivity contribution >= 4 is 61.5 Å². The Morgan fingerprint density at radius 1 is 1.18 bits per heavy atom. The Morgan fingerprint density at radius 2 is 1.91 bits per heavy atom. The van der Waals surface area contributed by atoms with Crippen LogP contribution in [0, 0.1) is 0 Å². The summed E-state index contributed by atoms with van der Waals surface area (Å²) >= 11 is 4.27. The summed E-state index contributed by atoms with van der Waals surface area (Å²) in [5.41, 5.74) is 2.58. The van der Waals surface area contributed by atoms with E-state index in [9.17, 15) is 14.4 Å². The molecule has 0 fully saturated rings. The zero-order valence-corrected chi connectivity index (χ0v) is 21.4. The highest BCUT2D eigenvalue weighted by atomic mass is 32.2. The second kappa shape index (κ2) is 9.67. The number of hydrogen-bond acceptors (Lipinski definition) is 8. The summed E-state index contributed by atoms with van der Waals surface area (Å²) < 4.78 is 6.84. The summed E-state index contributed by atoms with van der Waals surface area (Å²) in [4.78, 5) is 46.6. The van der Waals surface area contributed by atoms with E-state index >= 15 is 0 Å². The molecule has 2 aliphatic rings. The summed E-state index contributed by atoms with van der Waals surface area (Å²) in [6.45, 7) is 6.17. The maximum absolute atomic E-state index is 13.3. The molecule has 7 nitrogen and oxygen atoms in total. The van der Waals surface area contributed by atoms with Crippen LogP contribution in [0.2, 0.25) is 0 Å². The number of hydrogen-bond donors (Lipinski definition) is 1. The smallest absolute Gasteiger partial charge is 0.341 e. The van der Waals surface area contributed by atoms with Crippen LogP contribution in [0.15, 0.2) is 22.6 Å².